The van der Waals surface area contributed by atoms with Crippen LogP contribution in [0.4, 0.5) is 5.82 Å². The lowest BCUT2D eigenvalue weighted by Crippen LogP contribution is -2.51. The number of benzene rings is 1. The van der Waals surface area contributed by atoms with Gasteiger partial charge in [-0.3, -0.25) is 19.4 Å². The number of nitrogens with zero attached hydrogens (tertiary/aromatic N) is 3. The molecule has 1 saturated heterocycles. The van der Waals surface area contributed by atoms with E-state index in [0.717, 1.165) is 31.7 Å². The molecule has 2 aromatic rings. The molecule has 1 aliphatic heterocycles. The number of aryl methyl sites for hydroxylation is 3. The fraction of sp³-hybridized carbons (Fsp3) is 0.500. The van der Waals surface area contributed by atoms with Crippen LogP contribution in [0, 0.1) is 20.8 Å². The first-order valence-corrected chi connectivity index (χ1v) is 10.3. The van der Waals surface area contributed by atoms with E-state index >= 15 is 0 Å². The molecular formula is C22H31N5O3. The number of rotatable bonds is 7. The molecule has 2 amide bonds. The third-order valence-corrected chi connectivity index (χ3v) is 5.50. The minimum Gasteiger partial charge on any atom is -0.360 e. The highest BCUT2D eigenvalue weighted by atomic mass is 16.5. The molecule has 0 spiro atoms. The zero-order valence-electron chi connectivity index (χ0n) is 18.2. The molecule has 2 heterocycles. The third kappa shape index (κ3) is 6.14. The average Bonchev–Trinajstić information content (AvgIpc) is 3.09. The minimum absolute atomic E-state index is 0.0216. The summed E-state index contributed by atoms with van der Waals surface area (Å²) in [5.74, 6) is 1.000. The van der Waals surface area contributed by atoms with Crippen molar-refractivity contribution in [1.82, 2.24) is 20.3 Å². The number of carbonyl (C=O) groups is 2. The summed E-state index contributed by atoms with van der Waals surface area (Å²) < 4.78 is 4.95. The average molecular weight is 414 g/mol. The minimum atomic E-state index is -0.114. The topological polar surface area (TPSA) is 90.7 Å². The van der Waals surface area contributed by atoms with Gasteiger partial charge in [0, 0.05) is 32.2 Å². The Morgan fingerprint density at radius 3 is 2.20 bits per heavy atom. The molecular weight excluding hydrogens is 382 g/mol. The molecule has 1 aliphatic rings. The lowest BCUT2D eigenvalue weighted by Gasteiger charge is -2.34. The van der Waals surface area contributed by atoms with Crippen LogP contribution in [-0.2, 0) is 9.59 Å². The summed E-state index contributed by atoms with van der Waals surface area (Å²) in [7, 11) is 0. The second-order valence-corrected chi connectivity index (χ2v) is 8.06. The Labute approximate surface area is 177 Å². The van der Waals surface area contributed by atoms with Crippen molar-refractivity contribution < 1.29 is 14.1 Å². The van der Waals surface area contributed by atoms with Crippen LogP contribution >= 0.6 is 0 Å². The molecule has 0 radical (unpaired) electrons. The van der Waals surface area contributed by atoms with Gasteiger partial charge in [-0.25, -0.2) is 0 Å². The van der Waals surface area contributed by atoms with Crippen LogP contribution in [0.1, 0.15) is 35.4 Å². The molecule has 1 atom stereocenters. The first-order chi connectivity index (χ1) is 14.3. The molecule has 0 saturated carbocycles. The van der Waals surface area contributed by atoms with Crippen molar-refractivity contribution in [2.45, 2.75) is 33.7 Å². The number of hydrogen-bond donors (Lipinski definition) is 2. The van der Waals surface area contributed by atoms with Gasteiger partial charge in [0.25, 0.3) is 0 Å². The van der Waals surface area contributed by atoms with Crippen molar-refractivity contribution in [3.63, 3.8) is 0 Å². The third-order valence-electron chi connectivity index (χ3n) is 5.50. The zero-order chi connectivity index (χ0) is 21.7. The summed E-state index contributed by atoms with van der Waals surface area (Å²) >= 11 is 0. The predicted molar refractivity (Wildman–Crippen MR) is 115 cm³/mol. The summed E-state index contributed by atoms with van der Waals surface area (Å²) in [4.78, 5) is 28.8. The smallest absolute Gasteiger partial charge is 0.239 e. The summed E-state index contributed by atoms with van der Waals surface area (Å²) in [6.07, 6.45) is 0. The van der Waals surface area contributed by atoms with Gasteiger partial charge in [0.15, 0.2) is 5.82 Å². The standard InChI is InChI=1S/C22H31N5O3/c1-15-5-6-19(11-16(15)2)18(4)23-21(28)13-26-7-9-27(10-8-26)14-22(29)24-20-12-17(3)30-25-20/h5-6,11-12,18H,7-10,13-14H2,1-4H3,(H,23,28)(H,24,25,29). The Kier molecular flexibility index (Phi) is 7.23. The largest absolute Gasteiger partial charge is 0.360 e. The number of amides is 2. The predicted octanol–water partition coefficient (Wildman–Crippen LogP) is 2.03. The van der Waals surface area contributed by atoms with Gasteiger partial charge in [-0.2, -0.15) is 0 Å². The SMILES string of the molecule is Cc1cc(NC(=O)CN2CCN(CC(=O)NC(C)c3ccc(C)c(C)c3)CC2)no1. The number of piperazine rings is 1. The maximum Gasteiger partial charge on any atom is 0.239 e. The van der Waals surface area contributed by atoms with Gasteiger partial charge in [-0.05, 0) is 44.4 Å². The molecule has 30 heavy (non-hydrogen) atoms. The molecule has 0 bridgehead atoms. The van der Waals surface area contributed by atoms with Crippen LogP contribution < -0.4 is 10.6 Å². The molecule has 1 fully saturated rings. The van der Waals surface area contributed by atoms with E-state index in [1.54, 1.807) is 13.0 Å². The van der Waals surface area contributed by atoms with Crippen LogP contribution in [0.2, 0.25) is 0 Å². The zero-order valence-corrected chi connectivity index (χ0v) is 18.2. The van der Waals surface area contributed by atoms with E-state index in [0.29, 0.717) is 24.7 Å². The number of aromatic nitrogens is 1. The molecule has 1 aromatic carbocycles. The van der Waals surface area contributed by atoms with Crippen LogP contribution in [0.3, 0.4) is 0 Å². The van der Waals surface area contributed by atoms with E-state index in [2.05, 4.69) is 57.6 Å². The molecule has 2 N–H and O–H groups in total. The highest BCUT2D eigenvalue weighted by molar-refractivity contribution is 5.91. The van der Waals surface area contributed by atoms with Crippen LogP contribution in [-0.4, -0.2) is 66.0 Å². The van der Waals surface area contributed by atoms with Crippen molar-refractivity contribution >= 4 is 17.6 Å². The number of anilines is 1. The quantitative estimate of drug-likeness (QED) is 0.722. The first-order valence-electron chi connectivity index (χ1n) is 10.3. The second-order valence-electron chi connectivity index (χ2n) is 8.06. The Balaban J connectivity index is 1.38. The van der Waals surface area contributed by atoms with Crippen molar-refractivity contribution in [2.75, 3.05) is 44.6 Å². The van der Waals surface area contributed by atoms with Crippen LogP contribution in [0.15, 0.2) is 28.8 Å². The van der Waals surface area contributed by atoms with E-state index in [4.69, 9.17) is 4.52 Å². The molecule has 8 nitrogen and oxygen atoms in total. The van der Waals surface area contributed by atoms with Crippen LogP contribution in [0.25, 0.3) is 0 Å². The maximum absolute atomic E-state index is 12.5. The van der Waals surface area contributed by atoms with Gasteiger partial charge < -0.3 is 15.2 Å². The first kappa shape index (κ1) is 22.0. The molecule has 162 valence electrons. The lowest BCUT2D eigenvalue weighted by atomic mass is 10.0. The fourth-order valence-electron chi connectivity index (χ4n) is 3.52. The van der Waals surface area contributed by atoms with Gasteiger partial charge in [-0.15, -0.1) is 0 Å². The van der Waals surface area contributed by atoms with E-state index in [1.807, 2.05) is 6.92 Å². The summed E-state index contributed by atoms with van der Waals surface area (Å²) in [6.45, 7) is 11.6. The van der Waals surface area contributed by atoms with Crippen molar-refractivity contribution in [3.05, 3.63) is 46.7 Å². The molecule has 1 unspecified atom stereocenters. The second kappa shape index (κ2) is 9.86. The number of hydrogen-bond acceptors (Lipinski definition) is 6. The highest BCUT2D eigenvalue weighted by Crippen LogP contribution is 2.16. The van der Waals surface area contributed by atoms with Gasteiger partial charge in [0.1, 0.15) is 5.76 Å². The Hall–Kier alpha value is -2.71. The van der Waals surface area contributed by atoms with Gasteiger partial charge in [0.2, 0.25) is 11.8 Å². The molecule has 0 aliphatic carbocycles. The summed E-state index contributed by atoms with van der Waals surface area (Å²) in [5.41, 5.74) is 3.59. The van der Waals surface area contributed by atoms with Gasteiger partial charge in [0.05, 0.1) is 19.1 Å². The normalized spacial score (nSPS) is 16.3. The molecule has 1 aromatic heterocycles. The van der Waals surface area contributed by atoms with E-state index in [1.165, 1.54) is 11.1 Å². The van der Waals surface area contributed by atoms with E-state index in [-0.39, 0.29) is 17.9 Å². The number of carbonyl (C=O) groups excluding carboxylic acids is 2. The van der Waals surface area contributed by atoms with Crippen molar-refractivity contribution in [2.24, 2.45) is 0 Å². The Bertz CT molecular complexity index is 887. The molecule has 3 rings (SSSR count). The van der Waals surface area contributed by atoms with Gasteiger partial charge >= 0.3 is 0 Å². The Morgan fingerprint density at radius 1 is 1.00 bits per heavy atom. The Morgan fingerprint density at radius 2 is 1.63 bits per heavy atom. The van der Waals surface area contributed by atoms with E-state index in [9.17, 15) is 9.59 Å². The van der Waals surface area contributed by atoms with Crippen molar-refractivity contribution in [3.8, 4) is 0 Å². The maximum atomic E-state index is 12.5. The van der Waals surface area contributed by atoms with Gasteiger partial charge in [-0.1, -0.05) is 23.4 Å². The fourth-order valence-corrected chi connectivity index (χ4v) is 3.52. The monoisotopic (exact) mass is 413 g/mol. The summed E-state index contributed by atoms with van der Waals surface area (Å²) in [6, 6.07) is 7.95. The van der Waals surface area contributed by atoms with Crippen LogP contribution in [0.5, 0.6) is 0 Å². The summed E-state index contributed by atoms with van der Waals surface area (Å²) in [5, 5.41) is 9.59. The lowest BCUT2D eigenvalue weighted by molar-refractivity contribution is -0.124. The van der Waals surface area contributed by atoms with Crippen molar-refractivity contribution in [1.29, 1.82) is 0 Å². The highest BCUT2D eigenvalue weighted by Gasteiger charge is 2.21. The molecule has 8 heteroatoms. The number of nitrogens with one attached hydrogen (secondary N) is 2. The van der Waals surface area contributed by atoms with E-state index < -0.39 is 0 Å².